The van der Waals surface area contributed by atoms with Crippen molar-refractivity contribution >= 4 is 46.3 Å². The van der Waals surface area contributed by atoms with Crippen LogP contribution < -0.4 is 15.1 Å². The third-order valence-electron chi connectivity index (χ3n) is 8.03. The fourth-order valence-corrected chi connectivity index (χ4v) is 6.88. The number of halogens is 1. The van der Waals surface area contributed by atoms with Gasteiger partial charge in [-0.2, -0.15) is 0 Å². The smallest absolute Gasteiger partial charge is 0.337 e. The number of furan rings is 1. The molecule has 42 heavy (non-hydrogen) atoms. The van der Waals surface area contributed by atoms with E-state index in [0.29, 0.717) is 33.3 Å². The van der Waals surface area contributed by atoms with Gasteiger partial charge >= 0.3 is 5.97 Å². The van der Waals surface area contributed by atoms with Crippen molar-refractivity contribution in [2.24, 2.45) is 11.8 Å². The van der Waals surface area contributed by atoms with Crippen molar-refractivity contribution in [1.82, 2.24) is 10.3 Å². The third-order valence-corrected chi connectivity index (χ3v) is 8.64. The Labute approximate surface area is 256 Å². The largest absolute Gasteiger partial charge is 0.465 e. The topological polar surface area (TPSA) is 70.8 Å². The molecule has 7 nitrogen and oxygen atoms in total. The number of piperidine rings is 1. The van der Waals surface area contributed by atoms with E-state index >= 15 is 0 Å². The maximum absolute atomic E-state index is 11.9. The number of benzene rings is 2. The van der Waals surface area contributed by atoms with Gasteiger partial charge < -0.3 is 24.3 Å². The molecule has 0 spiro atoms. The van der Waals surface area contributed by atoms with E-state index in [4.69, 9.17) is 33.0 Å². The van der Waals surface area contributed by atoms with Crippen molar-refractivity contribution in [2.45, 2.75) is 32.4 Å². The molecule has 0 radical (unpaired) electrons. The van der Waals surface area contributed by atoms with Crippen LogP contribution in [-0.4, -0.2) is 36.3 Å². The summed E-state index contributed by atoms with van der Waals surface area (Å²) >= 11 is 12.9. The van der Waals surface area contributed by atoms with E-state index in [1.54, 1.807) is 18.3 Å². The summed E-state index contributed by atoms with van der Waals surface area (Å²) in [5, 5.41) is 4.75. The molecule has 2 aliphatic rings. The molecule has 4 atom stereocenters. The third kappa shape index (κ3) is 5.49. The van der Waals surface area contributed by atoms with Gasteiger partial charge in [0, 0.05) is 30.5 Å². The monoisotopic (exact) mass is 600 g/mol. The minimum Gasteiger partial charge on any atom is -0.465 e. The van der Waals surface area contributed by atoms with Crippen molar-refractivity contribution in [2.75, 3.05) is 30.0 Å². The number of methoxy groups -OCH3 is 1. The molecule has 1 N–H and O–H groups in total. The van der Waals surface area contributed by atoms with Gasteiger partial charge in [0.1, 0.15) is 17.6 Å². The molecule has 4 aromatic rings. The molecule has 9 heteroatoms. The molecule has 4 heterocycles. The highest BCUT2D eigenvalue weighted by Crippen LogP contribution is 2.44. The molecule has 0 aliphatic carbocycles. The minimum absolute atomic E-state index is 0.248. The maximum atomic E-state index is 11.9. The van der Waals surface area contributed by atoms with Gasteiger partial charge in [0.15, 0.2) is 5.11 Å². The lowest BCUT2D eigenvalue weighted by Gasteiger charge is -2.37. The fraction of sp³-hybridized carbons (Fsp3) is 0.303. The Bertz CT molecular complexity index is 1580. The number of hydrogen-bond acceptors (Lipinski definition) is 6. The zero-order valence-corrected chi connectivity index (χ0v) is 25.4. The molecule has 0 saturated carbocycles. The van der Waals surface area contributed by atoms with Crippen molar-refractivity contribution in [3.63, 3.8) is 0 Å². The first kappa shape index (κ1) is 28.2. The Morgan fingerprint density at radius 3 is 2.48 bits per heavy atom. The van der Waals surface area contributed by atoms with E-state index in [-0.39, 0.29) is 18.1 Å². The lowest BCUT2D eigenvalue weighted by atomic mass is 9.91. The molecule has 2 aromatic carbocycles. The lowest BCUT2D eigenvalue weighted by Crippen LogP contribution is -2.38. The fourth-order valence-electron chi connectivity index (χ4n) is 6.24. The van der Waals surface area contributed by atoms with E-state index in [2.05, 4.69) is 46.1 Å². The van der Waals surface area contributed by atoms with Crippen LogP contribution in [0.15, 0.2) is 83.4 Å². The molecular weight excluding hydrogens is 568 g/mol. The van der Waals surface area contributed by atoms with Crippen LogP contribution in [0.1, 0.15) is 54.2 Å². The Hall–Kier alpha value is -3.88. The average molecular weight is 601 g/mol. The van der Waals surface area contributed by atoms with Gasteiger partial charge in [-0.1, -0.05) is 43.6 Å². The van der Waals surface area contributed by atoms with E-state index < -0.39 is 0 Å². The second kappa shape index (κ2) is 11.8. The van der Waals surface area contributed by atoms with Gasteiger partial charge in [-0.3, -0.25) is 4.98 Å². The number of aromatic nitrogens is 1. The van der Waals surface area contributed by atoms with E-state index in [0.717, 1.165) is 41.5 Å². The number of nitrogens with zero attached hydrogens (tertiary/aromatic N) is 3. The lowest BCUT2D eigenvalue weighted by molar-refractivity contribution is 0.0600. The molecule has 216 valence electrons. The summed E-state index contributed by atoms with van der Waals surface area (Å²) < 4.78 is 11.3. The first-order valence-electron chi connectivity index (χ1n) is 14.2. The number of anilines is 2. The van der Waals surface area contributed by atoms with E-state index in [1.807, 2.05) is 48.5 Å². The van der Waals surface area contributed by atoms with Crippen LogP contribution >= 0.6 is 23.8 Å². The zero-order valence-electron chi connectivity index (χ0n) is 23.8. The first-order valence-corrected chi connectivity index (χ1v) is 14.9. The van der Waals surface area contributed by atoms with Crippen LogP contribution in [0.4, 0.5) is 11.4 Å². The number of hydrogen-bond donors (Lipinski definition) is 1. The van der Waals surface area contributed by atoms with Crippen molar-refractivity contribution in [3.05, 3.63) is 101 Å². The quantitative estimate of drug-likeness (QED) is 0.181. The van der Waals surface area contributed by atoms with Crippen LogP contribution in [0.25, 0.3) is 11.3 Å². The normalized spacial score (nSPS) is 22.2. The number of rotatable bonds is 6. The summed E-state index contributed by atoms with van der Waals surface area (Å²) in [6, 6.07) is 22.5. The van der Waals surface area contributed by atoms with Gasteiger partial charge in [-0.15, -0.1) is 0 Å². The summed E-state index contributed by atoms with van der Waals surface area (Å²) in [6.07, 6.45) is 3.01. The molecule has 6 rings (SSSR count). The van der Waals surface area contributed by atoms with E-state index in [9.17, 15) is 4.79 Å². The number of esters is 1. The number of pyridine rings is 1. The Kier molecular flexibility index (Phi) is 7.92. The van der Waals surface area contributed by atoms with Crippen molar-refractivity contribution in [3.8, 4) is 11.3 Å². The van der Waals surface area contributed by atoms with Crippen LogP contribution in [0.5, 0.6) is 0 Å². The summed E-state index contributed by atoms with van der Waals surface area (Å²) in [6.45, 7) is 6.58. The highest BCUT2D eigenvalue weighted by Gasteiger charge is 2.43. The highest BCUT2D eigenvalue weighted by molar-refractivity contribution is 7.80. The molecule has 0 amide bonds. The van der Waals surface area contributed by atoms with Crippen LogP contribution in [0.3, 0.4) is 0 Å². The van der Waals surface area contributed by atoms with Crippen LogP contribution in [0.2, 0.25) is 5.02 Å². The number of carbonyl (C=O) groups is 1. The summed E-state index contributed by atoms with van der Waals surface area (Å²) in [7, 11) is 1.37. The number of thiocarbonyl (C=S) groups is 1. The van der Waals surface area contributed by atoms with Crippen LogP contribution in [-0.2, 0) is 4.74 Å². The molecule has 2 saturated heterocycles. The summed E-state index contributed by atoms with van der Waals surface area (Å²) in [5.74, 6) is 2.26. The van der Waals surface area contributed by atoms with Gasteiger partial charge in [0.05, 0.1) is 35.1 Å². The molecule has 2 aromatic heterocycles. The maximum Gasteiger partial charge on any atom is 0.337 e. The number of nitrogens with one attached hydrogen (secondary N) is 1. The highest BCUT2D eigenvalue weighted by atomic mass is 35.5. The predicted octanol–water partition coefficient (Wildman–Crippen LogP) is 7.44. The second-order valence-electron chi connectivity index (χ2n) is 11.3. The number of carbonyl (C=O) groups excluding carboxylic acids is 1. The number of ether oxygens (including phenoxy) is 1. The minimum atomic E-state index is -0.380. The van der Waals surface area contributed by atoms with Gasteiger partial charge in [0.25, 0.3) is 0 Å². The van der Waals surface area contributed by atoms with Gasteiger partial charge in [-0.05, 0) is 85.1 Å². The summed E-state index contributed by atoms with van der Waals surface area (Å²) in [4.78, 5) is 21.0. The van der Waals surface area contributed by atoms with Crippen molar-refractivity contribution in [1.29, 1.82) is 0 Å². The molecule has 2 fully saturated rings. The van der Waals surface area contributed by atoms with Gasteiger partial charge in [-0.25, -0.2) is 4.79 Å². The zero-order chi connectivity index (χ0) is 29.4. The predicted molar refractivity (Wildman–Crippen MR) is 170 cm³/mol. The van der Waals surface area contributed by atoms with Gasteiger partial charge in [0.2, 0.25) is 0 Å². The SMILES string of the molecule is COC(=O)c1ccc(-c2ccc([C@@H]3[C@@H](c4ccccn4)NC(=S)N3c3ccc(N4C[C@H](C)C[C@H](C)C4)c(Cl)c3)o2)cc1. The molecular formula is C33H33ClN4O3S. The second-order valence-corrected chi connectivity index (χ2v) is 12.0. The van der Waals surface area contributed by atoms with Crippen LogP contribution in [0, 0.1) is 11.8 Å². The average Bonchev–Trinajstić information content (AvgIpc) is 3.61. The Balaban J connectivity index is 1.36. The molecule has 0 unspecified atom stereocenters. The standard InChI is InChI=1S/C33H33ClN4O3S/c1-20-16-21(2)19-37(18-20)27-12-11-24(17-25(27)34)38-31(30(36-33(38)42)26-6-4-5-15-35-26)29-14-13-28(41-29)22-7-9-23(10-8-22)32(39)40-3/h4-15,17,20-21,30-31H,16,18-19H2,1-3H3,(H,36,42)/t20-,21+,30-,31-/m1/s1. The van der Waals surface area contributed by atoms with E-state index in [1.165, 1.54) is 13.5 Å². The molecule has 0 bridgehead atoms. The first-order chi connectivity index (χ1) is 20.3. The Morgan fingerprint density at radius 2 is 1.81 bits per heavy atom. The summed E-state index contributed by atoms with van der Waals surface area (Å²) in [5.41, 5.74) is 4.11. The van der Waals surface area contributed by atoms with Crippen molar-refractivity contribution < 1.29 is 13.9 Å². The molecule has 2 aliphatic heterocycles. The Morgan fingerprint density at radius 1 is 1.05 bits per heavy atom.